The van der Waals surface area contributed by atoms with Crippen molar-refractivity contribution in [3.63, 3.8) is 0 Å². The Balaban J connectivity index is 3.90. The van der Waals surface area contributed by atoms with Crippen LogP contribution >= 0.6 is 0 Å². The molecular weight excluding hydrogens is 713 g/mol. The van der Waals surface area contributed by atoms with E-state index in [4.69, 9.17) is 9.47 Å². The number of hydrogen-bond acceptors (Lipinski definition) is 7. The average Bonchev–Trinajstić information content (AvgIpc) is 3.22. The Bertz CT molecular complexity index is 820. The molecule has 0 aromatic carbocycles. The molecule has 0 saturated heterocycles. The summed E-state index contributed by atoms with van der Waals surface area (Å²) in [5.74, 6) is -1.41. The molecule has 0 heterocycles. The number of rotatable bonds is 47. The summed E-state index contributed by atoms with van der Waals surface area (Å²) in [4.78, 5) is 25.4. The third-order valence-corrected chi connectivity index (χ3v) is 11.9. The molecule has 0 rings (SSSR count). The van der Waals surface area contributed by atoms with E-state index < -0.39 is 37.3 Å². The van der Waals surface area contributed by atoms with Crippen LogP contribution in [0.15, 0.2) is 0 Å². The number of unbranched alkanes of at least 4 members (excludes halogenated alkanes) is 35. The lowest BCUT2D eigenvalue weighted by Gasteiger charge is -2.22. The van der Waals surface area contributed by atoms with Crippen LogP contribution in [0.2, 0.25) is 0 Å². The zero-order chi connectivity index (χ0) is 41.7. The molecule has 7 heteroatoms. The van der Waals surface area contributed by atoms with Crippen LogP contribution in [0.3, 0.4) is 0 Å². The maximum Gasteiger partial charge on any atom is 0.309 e. The lowest BCUT2D eigenvalue weighted by Crippen LogP contribution is -2.33. The highest BCUT2D eigenvalue weighted by molar-refractivity contribution is 5.73. The van der Waals surface area contributed by atoms with Crippen LogP contribution in [0.4, 0.5) is 0 Å². The highest BCUT2D eigenvalue weighted by Gasteiger charge is 2.26. The Morgan fingerprint density at radius 2 is 0.754 bits per heavy atom. The van der Waals surface area contributed by atoms with Crippen molar-refractivity contribution in [3.8, 4) is 0 Å². The lowest BCUT2D eigenvalue weighted by molar-refractivity contribution is -0.166. The summed E-state index contributed by atoms with van der Waals surface area (Å²) in [6.07, 6.45) is 47.2. The summed E-state index contributed by atoms with van der Waals surface area (Å²) in [6, 6.07) is 0. The Morgan fingerprint density at radius 3 is 1.07 bits per heavy atom. The maximum absolute atomic E-state index is 13.0. The van der Waals surface area contributed by atoms with Crippen molar-refractivity contribution in [2.75, 3.05) is 19.8 Å². The molecule has 0 fully saturated rings. The van der Waals surface area contributed by atoms with Crippen LogP contribution in [-0.2, 0) is 19.1 Å². The number of hydrogen-bond donors (Lipinski definition) is 3. The van der Waals surface area contributed by atoms with E-state index in [0.29, 0.717) is 12.8 Å². The predicted molar refractivity (Wildman–Crippen MR) is 241 cm³/mol. The number of aliphatic hydroxyl groups excluding tert-OH is 3. The zero-order valence-corrected chi connectivity index (χ0v) is 38.1. The van der Waals surface area contributed by atoms with Gasteiger partial charge >= 0.3 is 11.9 Å². The van der Waals surface area contributed by atoms with Gasteiger partial charge in [-0.05, 0) is 19.3 Å². The van der Waals surface area contributed by atoms with Gasteiger partial charge in [-0.3, -0.25) is 9.59 Å². The maximum atomic E-state index is 13.0. The molecule has 0 radical (unpaired) electrons. The van der Waals surface area contributed by atoms with Gasteiger partial charge in [0.15, 0.2) is 6.10 Å². The largest absolute Gasteiger partial charge is 0.462 e. The minimum absolute atomic E-state index is 0.117. The SMILES string of the molecule is CCCCCCCCCCCCCCCCCCCCCC(=O)OCC(CO)OC(=O)C(CCCCCCCCCCCCCCCCCCCC)CC(O)CO. The van der Waals surface area contributed by atoms with E-state index in [-0.39, 0.29) is 19.0 Å². The highest BCUT2D eigenvalue weighted by Crippen LogP contribution is 2.21. The molecule has 3 unspecified atom stereocenters. The first-order chi connectivity index (χ1) is 28.0. The van der Waals surface area contributed by atoms with Crippen molar-refractivity contribution in [2.24, 2.45) is 5.92 Å². The summed E-state index contributed by atoms with van der Waals surface area (Å²) >= 11 is 0. The van der Waals surface area contributed by atoms with Crippen LogP contribution < -0.4 is 0 Å². The quantitative estimate of drug-likeness (QED) is 0.0414. The first-order valence-electron chi connectivity index (χ1n) is 25.2. The minimum Gasteiger partial charge on any atom is -0.462 e. The van der Waals surface area contributed by atoms with Crippen molar-refractivity contribution in [2.45, 2.75) is 283 Å². The average molecular weight is 811 g/mol. The number of carbonyl (C=O) groups excluding carboxylic acids is 2. The van der Waals surface area contributed by atoms with Gasteiger partial charge in [0.2, 0.25) is 0 Å². The summed E-state index contributed by atoms with van der Waals surface area (Å²) in [6.45, 7) is 3.53. The van der Waals surface area contributed by atoms with Crippen LogP contribution in [0, 0.1) is 5.92 Å². The molecule has 0 aromatic heterocycles. The fourth-order valence-corrected chi connectivity index (χ4v) is 8.02. The van der Waals surface area contributed by atoms with E-state index in [1.54, 1.807) is 0 Å². The van der Waals surface area contributed by atoms with Gasteiger partial charge in [0.05, 0.1) is 25.2 Å². The van der Waals surface area contributed by atoms with Gasteiger partial charge in [-0.1, -0.05) is 245 Å². The molecule has 0 bridgehead atoms. The van der Waals surface area contributed by atoms with Crippen LogP contribution in [-0.4, -0.2) is 59.3 Å². The molecule has 3 atom stereocenters. The van der Waals surface area contributed by atoms with E-state index in [1.807, 2.05) is 0 Å². The summed E-state index contributed by atoms with van der Waals surface area (Å²) in [5, 5.41) is 29.3. The molecule has 7 nitrogen and oxygen atoms in total. The zero-order valence-electron chi connectivity index (χ0n) is 38.1. The van der Waals surface area contributed by atoms with E-state index in [1.165, 1.54) is 199 Å². The molecule has 0 aliphatic rings. The van der Waals surface area contributed by atoms with Crippen molar-refractivity contribution in [1.29, 1.82) is 0 Å². The monoisotopic (exact) mass is 811 g/mol. The molecule has 0 aliphatic carbocycles. The van der Waals surface area contributed by atoms with Gasteiger partial charge in [-0.2, -0.15) is 0 Å². The van der Waals surface area contributed by atoms with Gasteiger partial charge in [0.25, 0.3) is 0 Å². The first kappa shape index (κ1) is 55.8. The van der Waals surface area contributed by atoms with E-state index in [9.17, 15) is 24.9 Å². The normalized spacial score (nSPS) is 13.1. The third-order valence-electron chi connectivity index (χ3n) is 11.9. The fourth-order valence-electron chi connectivity index (χ4n) is 8.02. The third kappa shape index (κ3) is 41.3. The van der Waals surface area contributed by atoms with Crippen molar-refractivity contribution in [1.82, 2.24) is 0 Å². The van der Waals surface area contributed by atoms with Gasteiger partial charge in [0.1, 0.15) is 6.61 Å². The number of aliphatic hydroxyl groups is 3. The molecule has 3 N–H and O–H groups in total. The topological polar surface area (TPSA) is 113 Å². The molecule has 0 aliphatic heterocycles. The van der Waals surface area contributed by atoms with Crippen molar-refractivity contribution < 1.29 is 34.4 Å². The fraction of sp³-hybridized carbons (Fsp3) is 0.960. The molecule has 0 spiro atoms. The van der Waals surface area contributed by atoms with Crippen LogP contribution in [0.5, 0.6) is 0 Å². The molecule has 57 heavy (non-hydrogen) atoms. The smallest absolute Gasteiger partial charge is 0.309 e. The Kier molecular flexibility index (Phi) is 44.9. The summed E-state index contributed by atoms with van der Waals surface area (Å²) in [5.41, 5.74) is 0. The van der Waals surface area contributed by atoms with Crippen molar-refractivity contribution >= 4 is 11.9 Å². The lowest BCUT2D eigenvalue weighted by atomic mass is 9.94. The second-order valence-corrected chi connectivity index (χ2v) is 17.6. The standard InChI is InChI=1S/C50H98O7/c1-3-5-7-9-11-13-15-17-19-21-23-25-27-29-31-33-35-37-39-41-49(54)56-45-48(44-52)57-50(55)46(42-47(53)43-51)40-38-36-34-32-30-28-26-24-22-20-18-16-14-12-10-8-6-4-2/h46-48,51-53H,3-45H2,1-2H3. The second kappa shape index (κ2) is 45.9. The Hall–Kier alpha value is -1.18. The van der Waals surface area contributed by atoms with Crippen LogP contribution in [0.1, 0.15) is 271 Å². The number of esters is 2. The summed E-state index contributed by atoms with van der Waals surface area (Å²) in [7, 11) is 0. The van der Waals surface area contributed by atoms with Crippen molar-refractivity contribution in [3.05, 3.63) is 0 Å². The van der Waals surface area contributed by atoms with Crippen LogP contribution in [0.25, 0.3) is 0 Å². The number of ether oxygens (including phenoxy) is 2. The number of carbonyl (C=O) groups is 2. The van der Waals surface area contributed by atoms with E-state index in [0.717, 1.165) is 38.5 Å². The Labute approximate surface area is 354 Å². The predicted octanol–water partition coefficient (Wildman–Crippen LogP) is 14.0. The van der Waals surface area contributed by atoms with E-state index >= 15 is 0 Å². The van der Waals surface area contributed by atoms with Gasteiger partial charge in [-0.15, -0.1) is 0 Å². The first-order valence-corrected chi connectivity index (χ1v) is 25.2. The van der Waals surface area contributed by atoms with Gasteiger partial charge in [-0.25, -0.2) is 0 Å². The van der Waals surface area contributed by atoms with Gasteiger partial charge < -0.3 is 24.8 Å². The second-order valence-electron chi connectivity index (χ2n) is 17.6. The van der Waals surface area contributed by atoms with Gasteiger partial charge in [0, 0.05) is 6.42 Å². The minimum atomic E-state index is -0.997. The summed E-state index contributed by atoms with van der Waals surface area (Å²) < 4.78 is 10.9. The molecular formula is C50H98O7. The Morgan fingerprint density at radius 1 is 0.439 bits per heavy atom. The molecule has 0 amide bonds. The van der Waals surface area contributed by atoms with E-state index in [2.05, 4.69) is 13.8 Å². The molecule has 0 saturated carbocycles. The molecule has 340 valence electrons. The molecule has 0 aromatic rings. The highest BCUT2D eigenvalue weighted by atomic mass is 16.6.